The van der Waals surface area contributed by atoms with Crippen molar-refractivity contribution in [2.24, 2.45) is 0 Å². The molecular weight excluding hydrogens is 486 g/mol. The number of aliphatic hydroxyl groups excluding tert-OH is 1. The second-order valence-corrected chi connectivity index (χ2v) is 9.44. The quantitative estimate of drug-likeness (QED) is 0.408. The van der Waals surface area contributed by atoms with Crippen molar-refractivity contribution >= 4 is 34.7 Å². The molecule has 0 aliphatic carbocycles. The number of likely N-dealkylation sites (tertiary alicyclic amines) is 1. The molecule has 1 saturated heterocycles. The van der Waals surface area contributed by atoms with E-state index in [1.807, 2.05) is 0 Å². The van der Waals surface area contributed by atoms with Crippen molar-refractivity contribution in [2.45, 2.75) is 25.5 Å². The van der Waals surface area contributed by atoms with Crippen LogP contribution >= 0.6 is 11.6 Å². The number of anilines is 1. The predicted molar refractivity (Wildman–Crippen MR) is 132 cm³/mol. The van der Waals surface area contributed by atoms with E-state index in [4.69, 9.17) is 21.4 Å². The van der Waals surface area contributed by atoms with Crippen LogP contribution in [0.2, 0.25) is 5.02 Å². The third-order valence-corrected chi connectivity index (χ3v) is 6.38. The summed E-state index contributed by atoms with van der Waals surface area (Å²) in [6.45, 7) is 3.99. The molecule has 4 aromatic rings. The van der Waals surface area contributed by atoms with E-state index in [1.54, 1.807) is 61.6 Å². The molecule has 12 heteroatoms. The number of ether oxygens (including phenoxy) is 1. The largest absolute Gasteiger partial charge is 0.496 e. The third-order valence-electron chi connectivity index (χ3n) is 6.15. The van der Waals surface area contributed by atoms with Crippen LogP contribution < -0.4 is 10.1 Å². The van der Waals surface area contributed by atoms with Gasteiger partial charge in [-0.15, -0.1) is 0 Å². The van der Waals surface area contributed by atoms with Crippen LogP contribution in [-0.2, 0) is 10.3 Å². The van der Waals surface area contributed by atoms with Gasteiger partial charge in [-0.25, -0.2) is 9.50 Å². The minimum Gasteiger partial charge on any atom is -0.496 e. The average Bonchev–Trinajstić information content (AvgIpc) is 3.46. The zero-order valence-electron chi connectivity index (χ0n) is 19.8. The summed E-state index contributed by atoms with van der Waals surface area (Å²) in [5.41, 5.74) is 0.834. The number of aliphatic hydroxyl groups is 1. The van der Waals surface area contributed by atoms with E-state index in [0.717, 1.165) is 0 Å². The summed E-state index contributed by atoms with van der Waals surface area (Å²) in [7, 11) is 1.52. The van der Waals surface area contributed by atoms with Gasteiger partial charge in [0.15, 0.2) is 5.65 Å². The van der Waals surface area contributed by atoms with E-state index in [9.17, 15) is 14.7 Å². The molecule has 5 rings (SSSR count). The standard InChI is InChI=1S/C24H24ClN7O4/c1-24(2,23(35)30-11-15(33)12-30)32-13-18(20(29-32)16-9-14(25)5-6-19(16)36-3)28-22(34)17-10-27-31-8-4-7-26-21(17)31/h4-10,13,15,33H,11-12H2,1-3H3,(H,28,34). The average molecular weight is 510 g/mol. The number of halogens is 1. The summed E-state index contributed by atoms with van der Waals surface area (Å²) in [6.07, 6.45) is 5.78. The number of benzene rings is 1. The van der Waals surface area contributed by atoms with Gasteiger partial charge in [0.2, 0.25) is 5.91 Å². The third kappa shape index (κ3) is 4.06. The number of rotatable bonds is 6. The van der Waals surface area contributed by atoms with Gasteiger partial charge in [0.25, 0.3) is 5.91 Å². The molecular formula is C24H24ClN7O4. The maximum Gasteiger partial charge on any atom is 0.261 e. The van der Waals surface area contributed by atoms with Crippen LogP contribution in [0.5, 0.6) is 5.75 Å². The summed E-state index contributed by atoms with van der Waals surface area (Å²) >= 11 is 6.28. The first-order valence-corrected chi connectivity index (χ1v) is 11.6. The van der Waals surface area contributed by atoms with E-state index in [1.165, 1.54) is 22.5 Å². The van der Waals surface area contributed by atoms with Crippen molar-refractivity contribution in [2.75, 3.05) is 25.5 Å². The summed E-state index contributed by atoms with van der Waals surface area (Å²) in [5, 5.41) is 21.9. The highest BCUT2D eigenvalue weighted by molar-refractivity contribution is 6.31. The SMILES string of the molecule is COc1ccc(Cl)cc1-c1nn(C(C)(C)C(=O)N2CC(O)C2)cc1NC(=O)c1cnn2cccnc12. The smallest absolute Gasteiger partial charge is 0.261 e. The fraction of sp³-hybridized carbons (Fsp3) is 0.292. The Morgan fingerprint density at radius 1 is 1.28 bits per heavy atom. The Kier molecular flexibility index (Phi) is 5.89. The lowest BCUT2D eigenvalue weighted by molar-refractivity contribution is -0.150. The van der Waals surface area contributed by atoms with E-state index < -0.39 is 17.6 Å². The van der Waals surface area contributed by atoms with Crippen molar-refractivity contribution in [3.63, 3.8) is 0 Å². The molecule has 1 aromatic carbocycles. The number of fused-ring (bicyclic) bond motifs is 1. The van der Waals surface area contributed by atoms with Gasteiger partial charge in [-0.1, -0.05) is 11.6 Å². The van der Waals surface area contributed by atoms with Crippen LogP contribution in [-0.4, -0.2) is 72.5 Å². The molecule has 11 nitrogen and oxygen atoms in total. The molecule has 0 saturated carbocycles. The summed E-state index contributed by atoms with van der Waals surface area (Å²) in [4.78, 5) is 32.3. The number of carbonyl (C=O) groups excluding carboxylic acids is 2. The number of carbonyl (C=O) groups is 2. The lowest BCUT2D eigenvalue weighted by Gasteiger charge is -2.40. The monoisotopic (exact) mass is 509 g/mol. The Bertz CT molecular complexity index is 1470. The van der Waals surface area contributed by atoms with Gasteiger partial charge in [0, 0.05) is 36.1 Å². The number of aromatic nitrogens is 5. The Morgan fingerprint density at radius 2 is 2.06 bits per heavy atom. The maximum absolute atomic E-state index is 13.3. The molecule has 1 aliphatic heterocycles. The number of β-amino-alcohol motifs (C(OH)–C–C–N with tert-alkyl or cyclic N) is 1. The van der Waals surface area contributed by atoms with Gasteiger partial charge in [-0.05, 0) is 38.1 Å². The fourth-order valence-electron chi connectivity index (χ4n) is 4.10. The minimum absolute atomic E-state index is 0.204. The fourth-order valence-corrected chi connectivity index (χ4v) is 4.27. The first-order chi connectivity index (χ1) is 17.2. The highest BCUT2D eigenvalue weighted by Gasteiger charge is 2.40. The van der Waals surface area contributed by atoms with Gasteiger partial charge < -0.3 is 20.1 Å². The second-order valence-electron chi connectivity index (χ2n) is 9.00. The van der Waals surface area contributed by atoms with Gasteiger partial charge in [-0.3, -0.25) is 14.3 Å². The Labute approximate surface area is 211 Å². The number of amides is 2. The molecule has 0 bridgehead atoms. The van der Waals surface area contributed by atoms with E-state index >= 15 is 0 Å². The molecule has 0 spiro atoms. The normalized spacial score (nSPS) is 14.1. The first-order valence-electron chi connectivity index (χ1n) is 11.2. The Hall–Kier alpha value is -3.96. The molecule has 1 fully saturated rings. The zero-order chi connectivity index (χ0) is 25.6. The summed E-state index contributed by atoms with van der Waals surface area (Å²) in [6, 6.07) is 6.79. The van der Waals surface area contributed by atoms with Gasteiger partial charge >= 0.3 is 0 Å². The molecule has 1 aliphatic rings. The molecule has 2 amide bonds. The molecule has 0 unspecified atom stereocenters. The van der Waals surface area contributed by atoms with E-state index in [2.05, 4.69) is 15.4 Å². The van der Waals surface area contributed by atoms with Gasteiger partial charge in [-0.2, -0.15) is 10.2 Å². The van der Waals surface area contributed by atoms with E-state index in [0.29, 0.717) is 33.4 Å². The lowest BCUT2D eigenvalue weighted by atomic mass is 10.0. The van der Waals surface area contributed by atoms with Crippen molar-refractivity contribution in [3.8, 4) is 17.0 Å². The summed E-state index contributed by atoms with van der Waals surface area (Å²) in [5.74, 6) is -0.155. The Morgan fingerprint density at radius 3 is 2.78 bits per heavy atom. The highest BCUT2D eigenvalue weighted by atomic mass is 35.5. The Balaban J connectivity index is 1.58. The van der Waals surface area contributed by atoms with E-state index in [-0.39, 0.29) is 24.6 Å². The zero-order valence-corrected chi connectivity index (χ0v) is 20.6. The molecule has 186 valence electrons. The number of nitrogens with one attached hydrogen (secondary N) is 1. The lowest BCUT2D eigenvalue weighted by Crippen LogP contribution is -2.59. The van der Waals surface area contributed by atoms with Crippen LogP contribution in [0.3, 0.4) is 0 Å². The molecule has 0 radical (unpaired) electrons. The van der Waals surface area contributed by atoms with Gasteiger partial charge in [0.05, 0.1) is 31.3 Å². The predicted octanol–water partition coefficient (Wildman–Crippen LogP) is 2.45. The molecule has 0 atom stereocenters. The minimum atomic E-state index is -1.10. The topological polar surface area (TPSA) is 127 Å². The molecule has 4 heterocycles. The van der Waals surface area contributed by atoms with Crippen LogP contribution in [0.15, 0.2) is 49.1 Å². The van der Waals surface area contributed by atoms with Gasteiger partial charge in [0.1, 0.15) is 22.5 Å². The maximum atomic E-state index is 13.3. The molecule has 3 aromatic heterocycles. The first kappa shape index (κ1) is 23.8. The van der Waals surface area contributed by atoms with Crippen molar-refractivity contribution < 1.29 is 19.4 Å². The summed E-state index contributed by atoms with van der Waals surface area (Å²) < 4.78 is 8.52. The van der Waals surface area contributed by atoms with Crippen LogP contribution in [0.1, 0.15) is 24.2 Å². The molecule has 2 N–H and O–H groups in total. The van der Waals surface area contributed by atoms with Crippen molar-refractivity contribution in [3.05, 3.63) is 59.6 Å². The van der Waals surface area contributed by atoms with Crippen molar-refractivity contribution in [1.82, 2.24) is 29.3 Å². The number of methoxy groups -OCH3 is 1. The van der Waals surface area contributed by atoms with Crippen molar-refractivity contribution in [1.29, 1.82) is 0 Å². The number of hydrogen-bond donors (Lipinski definition) is 2. The number of nitrogens with zero attached hydrogens (tertiary/aromatic N) is 6. The van der Waals surface area contributed by atoms with Crippen LogP contribution in [0.25, 0.3) is 16.9 Å². The highest BCUT2D eigenvalue weighted by Crippen LogP contribution is 2.37. The van der Waals surface area contributed by atoms with Crippen LogP contribution in [0, 0.1) is 0 Å². The van der Waals surface area contributed by atoms with Crippen LogP contribution in [0.4, 0.5) is 5.69 Å². The second kappa shape index (κ2) is 8.92. The molecule has 36 heavy (non-hydrogen) atoms. The number of hydrogen-bond acceptors (Lipinski definition) is 7.